The predicted molar refractivity (Wildman–Crippen MR) is 90.3 cm³/mol. The Morgan fingerprint density at radius 2 is 1.77 bits per heavy atom. The van der Waals surface area contributed by atoms with Crippen molar-refractivity contribution in [3.05, 3.63) is 60.8 Å². The summed E-state index contributed by atoms with van der Waals surface area (Å²) < 4.78 is 11.5. The van der Waals surface area contributed by atoms with Gasteiger partial charge in [0.25, 0.3) is 0 Å². The third kappa shape index (κ3) is 2.64. The van der Waals surface area contributed by atoms with Gasteiger partial charge in [0.2, 0.25) is 8.38 Å². The van der Waals surface area contributed by atoms with Crippen molar-refractivity contribution in [2.45, 2.75) is 6.42 Å². The van der Waals surface area contributed by atoms with Crippen LogP contribution in [0.15, 0.2) is 60.8 Å². The molecule has 1 saturated heterocycles. The fourth-order valence-corrected chi connectivity index (χ4v) is 4.07. The van der Waals surface area contributed by atoms with E-state index in [1.165, 1.54) is 10.8 Å². The van der Waals surface area contributed by atoms with E-state index in [4.69, 9.17) is 9.05 Å². The lowest BCUT2D eigenvalue weighted by Gasteiger charge is -2.22. The molecule has 0 unspecified atom stereocenters. The topological polar surface area (TPSA) is 31.4 Å². The molecule has 110 valence electrons. The number of rotatable bonds is 2. The Bertz CT molecular complexity index is 794. The van der Waals surface area contributed by atoms with Gasteiger partial charge in [-0.3, -0.25) is 4.98 Å². The highest BCUT2D eigenvalue weighted by molar-refractivity contribution is 7.56. The first kappa shape index (κ1) is 13.8. The molecule has 0 aliphatic carbocycles. The minimum atomic E-state index is -0.944. The van der Waals surface area contributed by atoms with Gasteiger partial charge in [0.05, 0.1) is 18.9 Å². The van der Waals surface area contributed by atoms with E-state index in [0.29, 0.717) is 0 Å². The molecule has 2 aromatic carbocycles. The zero-order valence-electron chi connectivity index (χ0n) is 12.1. The third-order valence-corrected chi connectivity index (χ3v) is 5.24. The molecule has 1 aromatic heterocycles. The van der Waals surface area contributed by atoms with Crippen LogP contribution < -0.4 is 5.30 Å². The number of fused-ring (bicyclic) bond motifs is 1. The van der Waals surface area contributed by atoms with Crippen molar-refractivity contribution in [1.82, 2.24) is 4.98 Å². The number of pyridine rings is 1. The molecule has 1 aliphatic heterocycles. The molecular formula is C18H16NO2P. The van der Waals surface area contributed by atoms with Crippen molar-refractivity contribution < 1.29 is 9.05 Å². The lowest BCUT2D eigenvalue weighted by Crippen LogP contribution is -2.13. The lowest BCUT2D eigenvalue weighted by molar-refractivity contribution is 0.188. The van der Waals surface area contributed by atoms with Gasteiger partial charge in [0.1, 0.15) is 0 Å². The van der Waals surface area contributed by atoms with E-state index < -0.39 is 8.38 Å². The number of benzene rings is 2. The summed E-state index contributed by atoms with van der Waals surface area (Å²) in [7, 11) is -0.944. The molecule has 4 rings (SSSR count). The second-order valence-electron chi connectivity index (χ2n) is 5.21. The molecule has 3 nitrogen and oxygen atoms in total. The zero-order chi connectivity index (χ0) is 14.8. The van der Waals surface area contributed by atoms with Crippen LogP contribution in [-0.2, 0) is 9.05 Å². The van der Waals surface area contributed by atoms with Crippen LogP contribution in [0.3, 0.4) is 0 Å². The predicted octanol–water partition coefficient (Wildman–Crippen LogP) is 4.28. The molecule has 0 radical (unpaired) electrons. The maximum atomic E-state index is 5.76. The summed E-state index contributed by atoms with van der Waals surface area (Å²) in [5.41, 5.74) is 2.11. The van der Waals surface area contributed by atoms with Crippen LogP contribution in [0.25, 0.3) is 22.0 Å². The Balaban J connectivity index is 1.78. The van der Waals surface area contributed by atoms with Gasteiger partial charge in [-0.15, -0.1) is 0 Å². The second-order valence-corrected chi connectivity index (χ2v) is 6.76. The first-order valence-electron chi connectivity index (χ1n) is 7.42. The van der Waals surface area contributed by atoms with Gasteiger partial charge in [-0.1, -0.05) is 36.4 Å². The summed E-state index contributed by atoms with van der Waals surface area (Å²) in [6, 6.07) is 18.7. The second kappa shape index (κ2) is 6.13. The normalized spacial score (nSPS) is 16.0. The third-order valence-electron chi connectivity index (χ3n) is 3.71. The van der Waals surface area contributed by atoms with Crippen LogP contribution in [0.1, 0.15) is 6.42 Å². The molecule has 0 bridgehead atoms. The standard InChI is InChI=1S/C18H16NO2P/c1-2-8-17-14(5-1)9-10-19-18(17)15-6-3-7-16(13-15)22-20-11-4-12-21-22/h1-3,5-10,13H,4,11-12H2. The van der Waals surface area contributed by atoms with Crippen molar-refractivity contribution in [2.24, 2.45) is 0 Å². The first-order valence-corrected chi connectivity index (χ1v) is 8.60. The van der Waals surface area contributed by atoms with Gasteiger partial charge in [0.15, 0.2) is 0 Å². The largest absolute Gasteiger partial charge is 0.331 e. The van der Waals surface area contributed by atoms with Crippen molar-refractivity contribution in [2.75, 3.05) is 13.2 Å². The quantitative estimate of drug-likeness (QED) is 0.662. The van der Waals surface area contributed by atoms with Crippen LogP contribution in [0, 0.1) is 0 Å². The van der Waals surface area contributed by atoms with Crippen molar-refractivity contribution in [3.63, 3.8) is 0 Å². The minimum Gasteiger partial charge on any atom is -0.331 e. The Kier molecular flexibility index (Phi) is 3.86. The number of hydrogen-bond acceptors (Lipinski definition) is 3. The number of aromatic nitrogens is 1. The van der Waals surface area contributed by atoms with E-state index in [1.54, 1.807) is 0 Å². The summed E-state index contributed by atoms with van der Waals surface area (Å²) in [6.07, 6.45) is 2.84. The lowest BCUT2D eigenvalue weighted by atomic mass is 10.0. The minimum absolute atomic E-state index is 0.780. The molecule has 0 N–H and O–H groups in total. The molecule has 0 spiro atoms. The van der Waals surface area contributed by atoms with Crippen LogP contribution >= 0.6 is 8.38 Å². The molecule has 0 atom stereocenters. The SMILES string of the molecule is c1cc(-c2nccc3ccccc23)cc(P2OCCCO2)c1. The maximum absolute atomic E-state index is 5.76. The van der Waals surface area contributed by atoms with Gasteiger partial charge in [0, 0.05) is 22.5 Å². The van der Waals surface area contributed by atoms with E-state index in [-0.39, 0.29) is 0 Å². The molecule has 22 heavy (non-hydrogen) atoms. The summed E-state index contributed by atoms with van der Waals surface area (Å²) >= 11 is 0. The summed E-state index contributed by atoms with van der Waals surface area (Å²) in [5, 5.41) is 3.48. The summed E-state index contributed by atoms with van der Waals surface area (Å²) in [5.74, 6) is 0. The molecule has 0 saturated carbocycles. The average Bonchev–Trinajstić information content (AvgIpc) is 2.62. The molecule has 2 heterocycles. The number of nitrogens with zero attached hydrogens (tertiary/aromatic N) is 1. The van der Waals surface area contributed by atoms with Gasteiger partial charge in [-0.05, 0) is 30.0 Å². The highest BCUT2D eigenvalue weighted by Gasteiger charge is 2.18. The summed E-state index contributed by atoms with van der Waals surface area (Å²) in [6.45, 7) is 1.56. The van der Waals surface area contributed by atoms with Crippen molar-refractivity contribution in [3.8, 4) is 11.3 Å². The van der Waals surface area contributed by atoms with E-state index in [0.717, 1.165) is 36.2 Å². The van der Waals surface area contributed by atoms with E-state index in [1.807, 2.05) is 12.3 Å². The van der Waals surface area contributed by atoms with Gasteiger partial charge in [-0.25, -0.2) is 0 Å². The fraction of sp³-hybridized carbons (Fsp3) is 0.167. The Labute approximate surface area is 130 Å². The monoisotopic (exact) mass is 309 g/mol. The molecule has 3 aromatic rings. The molecular weight excluding hydrogens is 293 g/mol. The number of hydrogen-bond donors (Lipinski definition) is 0. The highest BCUT2D eigenvalue weighted by Crippen LogP contribution is 2.41. The molecule has 1 fully saturated rings. The molecule has 1 aliphatic rings. The Morgan fingerprint density at radius 3 is 2.68 bits per heavy atom. The van der Waals surface area contributed by atoms with Gasteiger partial charge < -0.3 is 9.05 Å². The summed E-state index contributed by atoms with van der Waals surface area (Å²) in [4.78, 5) is 4.59. The van der Waals surface area contributed by atoms with Crippen LogP contribution in [0.4, 0.5) is 0 Å². The zero-order valence-corrected chi connectivity index (χ0v) is 13.0. The van der Waals surface area contributed by atoms with Crippen molar-refractivity contribution in [1.29, 1.82) is 0 Å². The van der Waals surface area contributed by atoms with E-state index in [9.17, 15) is 0 Å². The first-order chi connectivity index (χ1) is 10.9. The molecule has 0 amide bonds. The Hall–Kier alpha value is -1.80. The smallest absolute Gasteiger partial charge is 0.205 e. The van der Waals surface area contributed by atoms with Crippen molar-refractivity contribution >= 4 is 24.5 Å². The van der Waals surface area contributed by atoms with Crippen LogP contribution in [-0.4, -0.2) is 18.2 Å². The highest BCUT2D eigenvalue weighted by atomic mass is 31.2. The average molecular weight is 309 g/mol. The Morgan fingerprint density at radius 1 is 0.909 bits per heavy atom. The fourth-order valence-electron chi connectivity index (χ4n) is 2.66. The van der Waals surface area contributed by atoms with E-state index >= 15 is 0 Å². The van der Waals surface area contributed by atoms with Crippen LogP contribution in [0.2, 0.25) is 0 Å². The van der Waals surface area contributed by atoms with Crippen LogP contribution in [0.5, 0.6) is 0 Å². The van der Waals surface area contributed by atoms with E-state index in [2.05, 4.69) is 53.5 Å². The molecule has 4 heteroatoms. The maximum Gasteiger partial charge on any atom is 0.205 e. The van der Waals surface area contributed by atoms with Gasteiger partial charge in [-0.2, -0.15) is 0 Å². The van der Waals surface area contributed by atoms with Gasteiger partial charge >= 0.3 is 0 Å².